The minimum absolute atomic E-state index is 0.106. The van der Waals surface area contributed by atoms with E-state index < -0.39 is 0 Å². The van der Waals surface area contributed by atoms with Crippen molar-refractivity contribution < 1.29 is 9.53 Å². The predicted octanol–water partition coefficient (Wildman–Crippen LogP) is 5.02. The Morgan fingerprint density at radius 2 is 1.63 bits per heavy atom. The molecule has 0 saturated heterocycles. The maximum absolute atomic E-state index is 11.9. The Labute approximate surface area is 129 Å². The molecule has 0 bridgehead atoms. The fraction of sp³-hybridized carbons (Fsp3) is 0.0714. The first-order chi connectivity index (χ1) is 9.08. The van der Waals surface area contributed by atoms with Crippen molar-refractivity contribution in [2.75, 3.05) is 6.61 Å². The third-order valence-corrected chi connectivity index (χ3v) is 3.56. The predicted molar refractivity (Wildman–Crippen MR) is 80.4 cm³/mol. The lowest BCUT2D eigenvalue weighted by molar-refractivity contribution is 0.0921. The maximum Gasteiger partial charge on any atom is 0.200 e. The number of halogens is 3. The van der Waals surface area contributed by atoms with Crippen LogP contribution >= 0.6 is 39.1 Å². The molecule has 0 N–H and O–H groups in total. The van der Waals surface area contributed by atoms with E-state index in [4.69, 9.17) is 27.9 Å². The summed E-state index contributed by atoms with van der Waals surface area (Å²) in [6.45, 7) is -0.106. The van der Waals surface area contributed by atoms with Crippen LogP contribution in [0.4, 0.5) is 0 Å². The molecule has 2 rings (SSSR count). The molecule has 5 heteroatoms. The van der Waals surface area contributed by atoms with E-state index in [-0.39, 0.29) is 12.4 Å². The van der Waals surface area contributed by atoms with Crippen molar-refractivity contribution in [1.82, 2.24) is 0 Å². The lowest BCUT2D eigenvalue weighted by atomic mass is 10.1. The summed E-state index contributed by atoms with van der Waals surface area (Å²) >= 11 is 15.2. The zero-order valence-corrected chi connectivity index (χ0v) is 12.8. The topological polar surface area (TPSA) is 26.3 Å². The molecule has 2 aromatic carbocycles. The monoisotopic (exact) mass is 358 g/mol. The Morgan fingerprint density at radius 1 is 1.05 bits per heavy atom. The summed E-state index contributed by atoms with van der Waals surface area (Å²) in [4.78, 5) is 11.9. The summed E-state index contributed by atoms with van der Waals surface area (Å²) in [5, 5.41) is 0.771. The quantitative estimate of drug-likeness (QED) is 0.716. The Balaban J connectivity index is 2.06. The van der Waals surface area contributed by atoms with Crippen molar-refractivity contribution in [2.45, 2.75) is 0 Å². The van der Waals surface area contributed by atoms with Crippen molar-refractivity contribution in [2.24, 2.45) is 0 Å². The van der Waals surface area contributed by atoms with E-state index in [1.807, 2.05) is 0 Å². The number of carbonyl (C=O) groups is 1. The molecular weight excluding hydrogens is 351 g/mol. The smallest absolute Gasteiger partial charge is 0.200 e. The Bertz CT molecular complexity index is 577. The number of hydrogen-bond donors (Lipinski definition) is 0. The fourth-order valence-corrected chi connectivity index (χ4v) is 2.25. The second kappa shape index (κ2) is 6.42. The van der Waals surface area contributed by atoms with Gasteiger partial charge in [0, 0.05) is 10.0 Å². The molecule has 2 aromatic rings. The minimum atomic E-state index is -0.136. The summed E-state index contributed by atoms with van der Waals surface area (Å²) in [5.41, 5.74) is 0.575. The summed E-state index contributed by atoms with van der Waals surface area (Å²) in [6, 6.07) is 12.1. The molecule has 0 aliphatic carbocycles. The van der Waals surface area contributed by atoms with E-state index in [0.29, 0.717) is 21.4 Å². The van der Waals surface area contributed by atoms with Crippen LogP contribution in [0.15, 0.2) is 46.9 Å². The van der Waals surface area contributed by atoms with Crippen LogP contribution in [0, 0.1) is 0 Å². The van der Waals surface area contributed by atoms with Gasteiger partial charge >= 0.3 is 0 Å². The molecule has 0 spiro atoms. The third kappa shape index (κ3) is 3.72. The van der Waals surface area contributed by atoms with Gasteiger partial charge in [0.05, 0.1) is 10.0 Å². The maximum atomic E-state index is 11.9. The molecule has 0 aliphatic heterocycles. The molecule has 0 aliphatic rings. The van der Waals surface area contributed by atoms with E-state index in [1.54, 1.807) is 42.5 Å². The van der Waals surface area contributed by atoms with Gasteiger partial charge in [-0.2, -0.15) is 0 Å². The van der Waals surface area contributed by atoms with Gasteiger partial charge in [0.25, 0.3) is 0 Å². The van der Waals surface area contributed by atoms with Crippen molar-refractivity contribution >= 4 is 44.9 Å². The summed E-state index contributed by atoms with van der Waals surface area (Å²) in [5.74, 6) is 0.194. The number of carbonyl (C=O) groups excluding carboxylic acids is 1. The largest absolute Gasteiger partial charge is 0.482 e. The number of para-hydroxylation sites is 1. The van der Waals surface area contributed by atoms with Crippen molar-refractivity contribution in [3.05, 3.63) is 62.5 Å². The van der Waals surface area contributed by atoms with E-state index in [9.17, 15) is 4.79 Å². The first-order valence-corrected chi connectivity index (χ1v) is 6.98. The Hall–Kier alpha value is -1.03. The number of ketones is 1. The van der Waals surface area contributed by atoms with Crippen LogP contribution in [0.1, 0.15) is 10.4 Å². The molecular formula is C14H9BrCl2O2. The summed E-state index contributed by atoms with van der Waals surface area (Å²) in [6.07, 6.45) is 0. The lowest BCUT2D eigenvalue weighted by Crippen LogP contribution is -2.11. The van der Waals surface area contributed by atoms with E-state index in [0.717, 1.165) is 4.47 Å². The van der Waals surface area contributed by atoms with Crippen LogP contribution in [0.25, 0.3) is 0 Å². The van der Waals surface area contributed by atoms with Gasteiger partial charge in [0.15, 0.2) is 18.1 Å². The van der Waals surface area contributed by atoms with Gasteiger partial charge in [-0.1, -0.05) is 57.3 Å². The second-order valence-corrected chi connectivity index (χ2v) is 5.50. The average Bonchev–Trinajstić information content (AvgIpc) is 2.38. The molecule has 0 saturated carbocycles. The lowest BCUT2D eigenvalue weighted by Gasteiger charge is -2.09. The van der Waals surface area contributed by atoms with Crippen LogP contribution < -0.4 is 4.74 Å². The third-order valence-electron chi connectivity index (χ3n) is 2.43. The normalized spacial score (nSPS) is 10.3. The molecule has 0 radical (unpaired) electrons. The highest BCUT2D eigenvalue weighted by atomic mass is 79.9. The molecule has 0 heterocycles. The highest BCUT2D eigenvalue weighted by molar-refractivity contribution is 9.10. The molecule has 0 unspecified atom stereocenters. The first kappa shape index (κ1) is 14.4. The van der Waals surface area contributed by atoms with E-state index >= 15 is 0 Å². The van der Waals surface area contributed by atoms with Crippen LogP contribution in [0.3, 0.4) is 0 Å². The van der Waals surface area contributed by atoms with Gasteiger partial charge in [-0.15, -0.1) is 0 Å². The molecule has 0 fully saturated rings. The van der Waals surface area contributed by atoms with Crippen LogP contribution in [-0.2, 0) is 0 Å². The van der Waals surface area contributed by atoms with Gasteiger partial charge in [-0.05, 0) is 24.3 Å². The standard InChI is InChI=1S/C14H9BrCl2O2/c15-10-6-4-9(5-7-10)13(18)8-19-14-11(16)2-1-3-12(14)17/h1-7H,8H2. The Kier molecular flexibility index (Phi) is 4.86. The molecule has 98 valence electrons. The first-order valence-electron chi connectivity index (χ1n) is 5.43. The van der Waals surface area contributed by atoms with Crippen molar-refractivity contribution in [3.63, 3.8) is 0 Å². The number of Topliss-reactive ketones (excluding diaryl/α,β-unsaturated/α-hetero) is 1. The number of rotatable bonds is 4. The van der Waals surface area contributed by atoms with Gasteiger partial charge in [-0.25, -0.2) is 0 Å². The van der Waals surface area contributed by atoms with Gasteiger partial charge in [-0.3, -0.25) is 4.79 Å². The van der Waals surface area contributed by atoms with Crippen molar-refractivity contribution in [3.8, 4) is 5.75 Å². The van der Waals surface area contributed by atoms with Crippen LogP contribution in [0.5, 0.6) is 5.75 Å². The zero-order valence-electron chi connectivity index (χ0n) is 9.70. The zero-order chi connectivity index (χ0) is 13.8. The van der Waals surface area contributed by atoms with Crippen LogP contribution in [-0.4, -0.2) is 12.4 Å². The van der Waals surface area contributed by atoms with Gasteiger partial charge < -0.3 is 4.74 Å². The summed E-state index contributed by atoms with van der Waals surface area (Å²) < 4.78 is 6.30. The second-order valence-electron chi connectivity index (χ2n) is 3.77. The summed E-state index contributed by atoms with van der Waals surface area (Å²) in [7, 11) is 0. The van der Waals surface area contributed by atoms with E-state index in [2.05, 4.69) is 15.9 Å². The molecule has 0 atom stereocenters. The van der Waals surface area contributed by atoms with Crippen molar-refractivity contribution in [1.29, 1.82) is 0 Å². The average molecular weight is 360 g/mol. The fourth-order valence-electron chi connectivity index (χ4n) is 1.48. The Morgan fingerprint density at radius 3 is 2.21 bits per heavy atom. The highest BCUT2D eigenvalue weighted by Crippen LogP contribution is 2.32. The number of benzene rings is 2. The molecule has 0 amide bonds. The number of hydrogen-bond acceptors (Lipinski definition) is 2. The van der Waals surface area contributed by atoms with E-state index in [1.165, 1.54) is 0 Å². The molecule has 0 aromatic heterocycles. The highest BCUT2D eigenvalue weighted by Gasteiger charge is 2.11. The van der Waals surface area contributed by atoms with Crippen LogP contribution in [0.2, 0.25) is 10.0 Å². The minimum Gasteiger partial charge on any atom is -0.482 e. The van der Waals surface area contributed by atoms with Gasteiger partial charge in [0.1, 0.15) is 0 Å². The van der Waals surface area contributed by atoms with Gasteiger partial charge in [0.2, 0.25) is 0 Å². The molecule has 19 heavy (non-hydrogen) atoms. The number of ether oxygens (including phenoxy) is 1. The SMILES string of the molecule is O=C(COc1c(Cl)cccc1Cl)c1ccc(Br)cc1. The molecule has 2 nitrogen and oxygen atoms in total.